The first kappa shape index (κ1) is 22.0. The molecule has 1 unspecified atom stereocenters. The van der Waals surface area contributed by atoms with Crippen LogP contribution < -0.4 is 15.6 Å². The third kappa shape index (κ3) is 3.99. The standard InChI is InChI=1S/C25H28BNO2Si/c1-2-25(21-27,19-12-20-26(28)29)30(22-13-6-3-7-14-22,23-15-8-4-9-16-23)24-17-10-5-11-18-24/h3-11,13-18,28-29H,2,12,19-20H2,1H3. The Bertz CT molecular complexity index is 864. The summed E-state index contributed by atoms with van der Waals surface area (Å²) in [4.78, 5) is 0. The molecular formula is C25H28BNO2Si. The average molecular weight is 413 g/mol. The van der Waals surface area contributed by atoms with Crippen LogP contribution in [0, 0.1) is 11.3 Å². The second-order valence-corrected chi connectivity index (χ2v) is 12.0. The quantitative estimate of drug-likeness (QED) is 0.419. The van der Waals surface area contributed by atoms with E-state index in [0.717, 1.165) is 0 Å². The van der Waals surface area contributed by atoms with Crippen molar-refractivity contribution in [3.8, 4) is 6.07 Å². The van der Waals surface area contributed by atoms with E-state index in [-0.39, 0.29) is 6.32 Å². The molecule has 0 saturated carbocycles. The second kappa shape index (κ2) is 9.90. The molecule has 3 rings (SSSR count). The minimum absolute atomic E-state index is 0.270. The van der Waals surface area contributed by atoms with Crippen LogP contribution >= 0.6 is 0 Å². The fourth-order valence-corrected chi connectivity index (χ4v) is 10.8. The molecule has 3 nitrogen and oxygen atoms in total. The summed E-state index contributed by atoms with van der Waals surface area (Å²) in [5.74, 6) is 0. The topological polar surface area (TPSA) is 64.2 Å². The van der Waals surface area contributed by atoms with Crippen LogP contribution in [0.5, 0.6) is 0 Å². The molecule has 1 atom stereocenters. The average Bonchev–Trinajstić information content (AvgIpc) is 2.80. The van der Waals surface area contributed by atoms with Crippen molar-refractivity contribution in [3.05, 3.63) is 91.0 Å². The summed E-state index contributed by atoms with van der Waals surface area (Å²) in [6, 6.07) is 34.1. The zero-order valence-corrected chi connectivity index (χ0v) is 18.4. The minimum Gasteiger partial charge on any atom is -0.427 e. The van der Waals surface area contributed by atoms with Crippen LogP contribution in [0.1, 0.15) is 26.2 Å². The highest BCUT2D eigenvalue weighted by molar-refractivity contribution is 7.13. The highest BCUT2D eigenvalue weighted by Gasteiger charge is 2.56. The summed E-state index contributed by atoms with van der Waals surface area (Å²) in [5.41, 5.74) is 0. The van der Waals surface area contributed by atoms with Crippen molar-refractivity contribution in [1.29, 1.82) is 5.26 Å². The van der Waals surface area contributed by atoms with E-state index in [9.17, 15) is 15.3 Å². The maximum atomic E-state index is 10.7. The Morgan fingerprint density at radius 1 is 0.800 bits per heavy atom. The molecule has 0 aromatic heterocycles. The van der Waals surface area contributed by atoms with Crippen LogP contribution in [0.2, 0.25) is 11.4 Å². The Labute approximate surface area is 180 Å². The molecule has 0 saturated heterocycles. The van der Waals surface area contributed by atoms with Gasteiger partial charge in [-0.2, -0.15) is 5.26 Å². The zero-order valence-electron chi connectivity index (χ0n) is 17.4. The van der Waals surface area contributed by atoms with Crippen molar-refractivity contribution in [1.82, 2.24) is 0 Å². The largest absolute Gasteiger partial charge is 0.451 e. The molecule has 0 spiro atoms. The maximum absolute atomic E-state index is 10.7. The van der Waals surface area contributed by atoms with Crippen LogP contribution in [-0.4, -0.2) is 25.2 Å². The van der Waals surface area contributed by atoms with Gasteiger partial charge in [-0.15, -0.1) is 0 Å². The Hall–Kier alpha value is -2.65. The van der Waals surface area contributed by atoms with E-state index in [1.807, 2.05) is 18.2 Å². The van der Waals surface area contributed by atoms with Gasteiger partial charge in [-0.1, -0.05) is 104 Å². The fraction of sp³-hybridized carbons (Fsp3) is 0.240. The van der Waals surface area contributed by atoms with Gasteiger partial charge < -0.3 is 10.0 Å². The molecule has 30 heavy (non-hydrogen) atoms. The molecule has 0 aliphatic carbocycles. The molecule has 152 valence electrons. The van der Waals surface area contributed by atoms with E-state index >= 15 is 0 Å². The van der Waals surface area contributed by atoms with Crippen molar-refractivity contribution in [3.63, 3.8) is 0 Å². The first-order valence-electron chi connectivity index (χ1n) is 10.5. The molecule has 0 heterocycles. The third-order valence-corrected chi connectivity index (χ3v) is 12.0. The molecule has 0 radical (unpaired) electrons. The van der Waals surface area contributed by atoms with Gasteiger partial charge in [0.05, 0.1) is 11.1 Å². The van der Waals surface area contributed by atoms with Gasteiger partial charge in [0.1, 0.15) is 0 Å². The first-order chi connectivity index (χ1) is 14.6. The molecule has 0 bridgehead atoms. The van der Waals surface area contributed by atoms with E-state index in [2.05, 4.69) is 85.8 Å². The summed E-state index contributed by atoms with van der Waals surface area (Å²) in [5, 5.41) is 32.6. The number of nitrogens with zero attached hydrogens (tertiary/aromatic N) is 1. The van der Waals surface area contributed by atoms with E-state index < -0.39 is 20.2 Å². The van der Waals surface area contributed by atoms with Gasteiger partial charge in [-0.05, 0) is 34.7 Å². The molecule has 3 aromatic rings. The van der Waals surface area contributed by atoms with Crippen LogP contribution in [0.25, 0.3) is 0 Å². The SMILES string of the molecule is CCC(C#N)(CCCB(O)O)[Si](c1ccccc1)(c1ccccc1)c1ccccc1. The fourth-order valence-electron chi connectivity index (χ4n) is 4.83. The molecule has 2 N–H and O–H groups in total. The van der Waals surface area contributed by atoms with E-state index in [4.69, 9.17) is 0 Å². The lowest BCUT2D eigenvalue weighted by molar-refractivity contribution is 0.399. The Morgan fingerprint density at radius 2 is 1.20 bits per heavy atom. The smallest absolute Gasteiger partial charge is 0.427 e. The summed E-state index contributed by atoms with van der Waals surface area (Å²) < 4.78 is 0. The van der Waals surface area contributed by atoms with Gasteiger partial charge in [0.15, 0.2) is 8.07 Å². The van der Waals surface area contributed by atoms with Gasteiger partial charge in [0.25, 0.3) is 0 Å². The van der Waals surface area contributed by atoms with Crippen LogP contribution in [0.3, 0.4) is 0 Å². The summed E-state index contributed by atoms with van der Waals surface area (Å²) >= 11 is 0. The normalized spacial score (nSPS) is 13.3. The predicted octanol–water partition coefficient (Wildman–Crippen LogP) is 3.08. The van der Waals surface area contributed by atoms with Crippen LogP contribution in [0.4, 0.5) is 0 Å². The number of benzene rings is 3. The minimum atomic E-state index is -2.80. The second-order valence-electron chi connectivity index (χ2n) is 7.77. The van der Waals surface area contributed by atoms with Crippen molar-refractivity contribution >= 4 is 30.8 Å². The number of hydrogen-bond donors (Lipinski definition) is 2. The zero-order chi connectivity index (χ0) is 21.5. The summed E-state index contributed by atoms with van der Waals surface area (Å²) in [6.45, 7) is 2.09. The predicted molar refractivity (Wildman–Crippen MR) is 127 cm³/mol. The first-order valence-corrected chi connectivity index (χ1v) is 12.5. The number of rotatable bonds is 9. The summed E-state index contributed by atoms with van der Waals surface area (Å²) in [7, 11) is -4.15. The van der Waals surface area contributed by atoms with Crippen LogP contribution in [-0.2, 0) is 0 Å². The lowest BCUT2D eigenvalue weighted by Gasteiger charge is -2.46. The molecule has 0 fully saturated rings. The highest BCUT2D eigenvalue weighted by Crippen LogP contribution is 2.45. The van der Waals surface area contributed by atoms with E-state index in [1.54, 1.807) is 0 Å². The molecule has 0 amide bonds. The Balaban J connectivity index is 2.36. The van der Waals surface area contributed by atoms with E-state index in [0.29, 0.717) is 19.3 Å². The van der Waals surface area contributed by atoms with Gasteiger partial charge in [-0.25, -0.2) is 0 Å². The van der Waals surface area contributed by atoms with Crippen molar-refractivity contribution in [2.75, 3.05) is 0 Å². The van der Waals surface area contributed by atoms with Crippen molar-refractivity contribution in [2.45, 2.75) is 37.5 Å². The lowest BCUT2D eigenvalue weighted by atomic mass is 9.82. The van der Waals surface area contributed by atoms with Crippen LogP contribution in [0.15, 0.2) is 91.0 Å². The Kier molecular flexibility index (Phi) is 7.28. The highest BCUT2D eigenvalue weighted by atomic mass is 28.3. The van der Waals surface area contributed by atoms with Crippen molar-refractivity contribution < 1.29 is 10.0 Å². The third-order valence-electron chi connectivity index (χ3n) is 6.22. The van der Waals surface area contributed by atoms with E-state index in [1.165, 1.54) is 15.6 Å². The monoisotopic (exact) mass is 413 g/mol. The van der Waals surface area contributed by atoms with Gasteiger partial charge >= 0.3 is 7.12 Å². The molecular weight excluding hydrogens is 385 g/mol. The molecule has 5 heteroatoms. The van der Waals surface area contributed by atoms with Crippen molar-refractivity contribution in [2.24, 2.45) is 0 Å². The molecule has 0 aliphatic rings. The van der Waals surface area contributed by atoms with Gasteiger partial charge in [0, 0.05) is 0 Å². The van der Waals surface area contributed by atoms with Gasteiger partial charge in [0.2, 0.25) is 0 Å². The number of nitriles is 1. The maximum Gasteiger partial charge on any atom is 0.451 e. The van der Waals surface area contributed by atoms with Gasteiger partial charge in [-0.3, -0.25) is 0 Å². The summed E-state index contributed by atoms with van der Waals surface area (Å²) in [6.07, 6.45) is 2.16. The lowest BCUT2D eigenvalue weighted by Crippen LogP contribution is -2.73. The molecule has 0 aliphatic heterocycles. The Morgan fingerprint density at radius 3 is 1.50 bits per heavy atom. The number of hydrogen-bond acceptors (Lipinski definition) is 3. The molecule has 3 aromatic carbocycles.